The predicted octanol–water partition coefficient (Wildman–Crippen LogP) is 6.64. The van der Waals surface area contributed by atoms with E-state index in [-0.39, 0.29) is 5.56 Å². The van der Waals surface area contributed by atoms with Crippen LogP contribution in [-0.4, -0.2) is 0 Å². The SMILES string of the molecule is Cc1cc(-c2cc(Cl)c(Cl)cc2Cl)ccc1C(F)(F)F. The van der Waals surface area contributed by atoms with Crippen LogP contribution in [0.15, 0.2) is 30.3 Å². The van der Waals surface area contributed by atoms with E-state index in [4.69, 9.17) is 34.8 Å². The second-order valence-electron chi connectivity index (χ2n) is 4.27. The summed E-state index contributed by atoms with van der Waals surface area (Å²) in [6.07, 6.45) is -4.37. The van der Waals surface area contributed by atoms with Crippen molar-refractivity contribution in [2.24, 2.45) is 0 Å². The van der Waals surface area contributed by atoms with Gasteiger partial charge in [0.15, 0.2) is 0 Å². The third kappa shape index (κ3) is 3.05. The molecule has 0 atom stereocenters. The van der Waals surface area contributed by atoms with Crippen LogP contribution in [0, 0.1) is 6.92 Å². The number of aryl methyl sites for hydroxylation is 1. The average molecular weight is 340 g/mol. The number of halogens is 6. The van der Waals surface area contributed by atoms with Gasteiger partial charge < -0.3 is 0 Å². The molecule has 2 aromatic rings. The first-order valence-corrected chi connectivity index (χ1v) is 6.66. The highest BCUT2D eigenvalue weighted by molar-refractivity contribution is 6.44. The fraction of sp³-hybridized carbons (Fsp3) is 0.143. The molecule has 0 bridgehead atoms. The Morgan fingerprint density at radius 3 is 2.00 bits per heavy atom. The van der Waals surface area contributed by atoms with Crippen molar-refractivity contribution < 1.29 is 13.2 Å². The van der Waals surface area contributed by atoms with Crippen LogP contribution >= 0.6 is 34.8 Å². The normalized spacial score (nSPS) is 11.8. The van der Waals surface area contributed by atoms with Crippen LogP contribution in [0.5, 0.6) is 0 Å². The molecule has 0 amide bonds. The van der Waals surface area contributed by atoms with E-state index in [0.717, 1.165) is 6.07 Å². The van der Waals surface area contributed by atoms with Gasteiger partial charge in [-0.15, -0.1) is 0 Å². The minimum absolute atomic E-state index is 0.122. The van der Waals surface area contributed by atoms with Gasteiger partial charge in [0.1, 0.15) is 0 Å². The number of benzene rings is 2. The Labute approximate surface area is 129 Å². The Morgan fingerprint density at radius 2 is 1.45 bits per heavy atom. The lowest BCUT2D eigenvalue weighted by Crippen LogP contribution is -2.07. The molecule has 0 unspecified atom stereocenters. The third-order valence-corrected chi connectivity index (χ3v) is 3.89. The fourth-order valence-corrected chi connectivity index (χ4v) is 2.55. The summed E-state index contributed by atoms with van der Waals surface area (Å²) in [6.45, 7) is 1.40. The molecule has 0 saturated carbocycles. The average Bonchev–Trinajstić information content (AvgIpc) is 2.32. The van der Waals surface area contributed by atoms with Crippen molar-refractivity contribution in [1.82, 2.24) is 0 Å². The first kappa shape index (κ1) is 15.5. The van der Waals surface area contributed by atoms with E-state index in [0.29, 0.717) is 26.2 Å². The largest absolute Gasteiger partial charge is 0.416 e. The van der Waals surface area contributed by atoms with Gasteiger partial charge in [-0.05, 0) is 36.2 Å². The van der Waals surface area contributed by atoms with Crippen LogP contribution in [0.3, 0.4) is 0 Å². The molecule has 2 rings (SSSR count). The highest BCUT2D eigenvalue weighted by atomic mass is 35.5. The summed E-state index contributed by atoms with van der Waals surface area (Å²) in [4.78, 5) is 0. The molecule has 2 aromatic carbocycles. The van der Waals surface area contributed by atoms with Crippen LogP contribution in [0.25, 0.3) is 11.1 Å². The fourth-order valence-electron chi connectivity index (χ4n) is 1.89. The molecule has 0 aliphatic carbocycles. The van der Waals surface area contributed by atoms with Crippen LogP contribution in [0.2, 0.25) is 15.1 Å². The van der Waals surface area contributed by atoms with Crippen molar-refractivity contribution in [2.45, 2.75) is 13.1 Å². The van der Waals surface area contributed by atoms with E-state index < -0.39 is 11.7 Å². The summed E-state index contributed by atoms with van der Waals surface area (Å²) in [5.41, 5.74) is 0.548. The zero-order valence-corrected chi connectivity index (χ0v) is 12.4. The maximum absolute atomic E-state index is 12.7. The Bertz CT molecular complexity index is 663. The molecule has 0 aromatic heterocycles. The van der Waals surface area contributed by atoms with Crippen molar-refractivity contribution in [1.29, 1.82) is 0 Å². The van der Waals surface area contributed by atoms with E-state index in [9.17, 15) is 13.2 Å². The van der Waals surface area contributed by atoms with Crippen molar-refractivity contribution in [2.75, 3.05) is 0 Å². The Morgan fingerprint density at radius 1 is 0.850 bits per heavy atom. The summed E-state index contributed by atoms with van der Waals surface area (Å²) in [5.74, 6) is 0. The Kier molecular flexibility index (Phi) is 4.24. The summed E-state index contributed by atoms with van der Waals surface area (Å²) < 4.78 is 38.1. The molecule has 0 N–H and O–H groups in total. The molecule has 106 valence electrons. The van der Waals surface area contributed by atoms with Gasteiger partial charge in [-0.25, -0.2) is 0 Å². The van der Waals surface area contributed by atoms with Gasteiger partial charge in [0.25, 0.3) is 0 Å². The highest BCUT2D eigenvalue weighted by Crippen LogP contribution is 2.38. The first-order valence-electron chi connectivity index (χ1n) is 5.53. The summed E-state index contributed by atoms with van der Waals surface area (Å²) >= 11 is 17.8. The maximum Gasteiger partial charge on any atom is 0.416 e. The van der Waals surface area contributed by atoms with E-state index in [1.165, 1.54) is 31.2 Å². The van der Waals surface area contributed by atoms with Gasteiger partial charge in [0.2, 0.25) is 0 Å². The van der Waals surface area contributed by atoms with Crippen molar-refractivity contribution in [3.63, 3.8) is 0 Å². The summed E-state index contributed by atoms with van der Waals surface area (Å²) in [6, 6.07) is 6.82. The van der Waals surface area contributed by atoms with Crippen molar-refractivity contribution in [3.05, 3.63) is 56.5 Å². The quantitative estimate of drug-likeness (QED) is 0.511. The molecule has 0 nitrogen and oxygen atoms in total. The molecule has 0 heterocycles. The zero-order valence-electron chi connectivity index (χ0n) is 10.2. The second kappa shape index (κ2) is 5.47. The molecule has 20 heavy (non-hydrogen) atoms. The molecule has 0 spiro atoms. The number of alkyl halides is 3. The van der Waals surface area contributed by atoms with Crippen molar-refractivity contribution in [3.8, 4) is 11.1 Å². The van der Waals surface area contributed by atoms with E-state index >= 15 is 0 Å². The monoisotopic (exact) mass is 338 g/mol. The number of hydrogen-bond donors (Lipinski definition) is 0. The topological polar surface area (TPSA) is 0 Å². The zero-order chi connectivity index (χ0) is 15.1. The van der Waals surface area contributed by atoms with Gasteiger partial charge in [-0.1, -0.05) is 46.9 Å². The van der Waals surface area contributed by atoms with Crippen LogP contribution in [-0.2, 0) is 6.18 Å². The second-order valence-corrected chi connectivity index (χ2v) is 5.50. The Balaban J connectivity index is 2.55. The molecule has 0 aliphatic heterocycles. The molecule has 0 aliphatic rings. The van der Waals surface area contributed by atoms with E-state index in [1.54, 1.807) is 0 Å². The van der Waals surface area contributed by atoms with Gasteiger partial charge in [-0.2, -0.15) is 13.2 Å². The standard InChI is InChI=1S/C14H8Cl3F3/c1-7-4-8(2-3-10(7)14(18,19)20)9-5-12(16)13(17)6-11(9)15/h2-6H,1H3. The lowest BCUT2D eigenvalue weighted by Gasteiger charge is -2.13. The van der Waals surface area contributed by atoms with Crippen LogP contribution < -0.4 is 0 Å². The lowest BCUT2D eigenvalue weighted by molar-refractivity contribution is -0.138. The lowest BCUT2D eigenvalue weighted by atomic mass is 9.99. The smallest absolute Gasteiger partial charge is 0.166 e. The summed E-state index contributed by atoms with van der Waals surface area (Å²) in [5, 5.41) is 0.922. The summed E-state index contributed by atoms with van der Waals surface area (Å²) in [7, 11) is 0. The molecule has 0 radical (unpaired) electrons. The Hall–Kier alpha value is -0.900. The van der Waals surface area contributed by atoms with Crippen LogP contribution in [0.1, 0.15) is 11.1 Å². The number of rotatable bonds is 1. The third-order valence-electron chi connectivity index (χ3n) is 2.85. The molecule has 0 fully saturated rings. The molecule has 6 heteroatoms. The first-order chi connectivity index (χ1) is 9.20. The predicted molar refractivity (Wildman–Crippen MR) is 76.6 cm³/mol. The van der Waals surface area contributed by atoms with E-state index in [2.05, 4.69) is 0 Å². The maximum atomic E-state index is 12.7. The molecular weight excluding hydrogens is 332 g/mol. The molecule has 0 saturated heterocycles. The van der Waals surface area contributed by atoms with Crippen molar-refractivity contribution >= 4 is 34.8 Å². The van der Waals surface area contributed by atoms with Gasteiger partial charge in [0.05, 0.1) is 15.6 Å². The highest BCUT2D eigenvalue weighted by Gasteiger charge is 2.32. The van der Waals surface area contributed by atoms with Crippen LogP contribution in [0.4, 0.5) is 13.2 Å². The van der Waals surface area contributed by atoms with Gasteiger partial charge in [-0.3, -0.25) is 0 Å². The molecular formula is C14H8Cl3F3. The minimum atomic E-state index is -4.37. The van der Waals surface area contributed by atoms with Gasteiger partial charge in [0, 0.05) is 10.6 Å². The minimum Gasteiger partial charge on any atom is -0.166 e. The van der Waals surface area contributed by atoms with E-state index in [1.807, 2.05) is 0 Å². The van der Waals surface area contributed by atoms with Gasteiger partial charge >= 0.3 is 6.18 Å². The number of hydrogen-bond acceptors (Lipinski definition) is 0.